The zero-order chi connectivity index (χ0) is 17.8. The van der Waals surface area contributed by atoms with Crippen molar-refractivity contribution in [3.63, 3.8) is 0 Å². The Kier molecular flexibility index (Phi) is 5.48. The summed E-state index contributed by atoms with van der Waals surface area (Å²) in [6.07, 6.45) is -0.786. The molecule has 0 bridgehead atoms. The van der Waals surface area contributed by atoms with Crippen molar-refractivity contribution in [2.75, 3.05) is 29.9 Å². The molecule has 0 spiro atoms. The number of hydrogen-bond donors (Lipinski definition) is 1. The van der Waals surface area contributed by atoms with Gasteiger partial charge < -0.3 is 15.0 Å². The molecule has 6 heteroatoms. The fourth-order valence-corrected chi connectivity index (χ4v) is 2.96. The summed E-state index contributed by atoms with van der Waals surface area (Å²) in [5, 5.41) is 3.38. The van der Waals surface area contributed by atoms with E-state index in [0.29, 0.717) is 0 Å². The fourth-order valence-electron chi connectivity index (χ4n) is 2.96. The summed E-state index contributed by atoms with van der Waals surface area (Å²) >= 11 is 0. The van der Waals surface area contributed by atoms with E-state index in [2.05, 4.69) is 34.3 Å². The van der Waals surface area contributed by atoms with Gasteiger partial charge in [0.1, 0.15) is 5.69 Å². The number of morpholine rings is 1. The number of halogens is 2. The van der Waals surface area contributed by atoms with Gasteiger partial charge in [0.15, 0.2) is 0 Å². The van der Waals surface area contributed by atoms with Gasteiger partial charge in [-0.05, 0) is 49.7 Å². The van der Waals surface area contributed by atoms with Crippen LogP contribution >= 0.6 is 0 Å². The van der Waals surface area contributed by atoms with Gasteiger partial charge in [0.05, 0.1) is 18.8 Å². The molecule has 1 aromatic carbocycles. The van der Waals surface area contributed by atoms with Crippen LogP contribution in [0.15, 0.2) is 42.6 Å². The van der Waals surface area contributed by atoms with Gasteiger partial charge in [-0.2, -0.15) is 0 Å². The van der Waals surface area contributed by atoms with Crippen LogP contribution in [0.4, 0.5) is 20.2 Å². The summed E-state index contributed by atoms with van der Waals surface area (Å²) in [5.41, 5.74) is 2.84. The van der Waals surface area contributed by atoms with Crippen LogP contribution in [0.25, 0.3) is 0 Å². The number of anilines is 2. The van der Waals surface area contributed by atoms with Crippen molar-refractivity contribution in [1.82, 2.24) is 4.98 Å². The molecule has 0 radical (unpaired) electrons. The second-order valence-electron chi connectivity index (χ2n) is 6.36. The summed E-state index contributed by atoms with van der Waals surface area (Å²) in [6, 6.07) is 11.3. The number of benzene rings is 1. The van der Waals surface area contributed by atoms with Gasteiger partial charge >= 0.3 is 0 Å². The van der Waals surface area contributed by atoms with Crippen molar-refractivity contribution >= 4 is 11.4 Å². The minimum absolute atomic E-state index is 0.0199. The Morgan fingerprint density at radius 2 is 1.96 bits per heavy atom. The molecule has 2 aromatic rings. The van der Waals surface area contributed by atoms with Gasteiger partial charge in [-0.3, -0.25) is 4.98 Å². The van der Waals surface area contributed by atoms with E-state index in [1.165, 1.54) is 18.0 Å². The van der Waals surface area contributed by atoms with Crippen LogP contribution in [-0.2, 0) is 4.74 Å². The van der Waals surface area contributed by atoms with Crippen LogP contribution in [0.2, 0.25) is 0 Å². The zero-order valence-corrected chi connectivity index (χ0v) is 14.5. The number of alkyl halides is 2. The third-order valence-electron chi connectivity index (χ3n) is 4.39. The molecule has 1 N–H and O–H groups in total. The summed E-state index contributed by atoms with van der Waals surface area (Å²) in [7, 11) is 0. The van der Waals surface area contributed by atoms with Gasteiger partial charge in [-0.25, -0.2) is 8.78 Å². The highest BCUT2D eigenvalue weighted by molar-refractivity contribution is 5.56. The van der Waals surface area contributed by atoms with Crippen LogP contribution in [-0.4, -0.2) is 30.8 Å². The Bertz CT molecular complexity index is 676. The molecule has 1 saturated heterocycles. The van der Waals surface area contributed by atoms with E-state index in [1.54, 1.807) is 6.07 Å². The molecule has 1 aliphatic heterocycles. The molecular formula is C19H23F2N3O. The predicted molar refractivity (Wildman–Crippen MR) is 95.3 cm³/mol. The van der Waals surface area contributed by atoms with E-state index >= 15 is 0 Å². The molecule has 0 aliphatic carbocycles. The first-order chi connectivity index (χ1) is 12.0. The number of nitrogens with one attached hydrogen (secondary N) is 1. The topological polar surface area (TPSA) is 37.4 Å². The average molecular weight is 347 g/mol. The SMILES string of the molecule is CC1CN(c2ccc(NC(C)c3ccc(C(F)F)nc3)cc2)CCO1. The molecule has 134 valence electrons. The number of rotatable bonds is 5. The number of hydrogen-bond acceptors (Lipinski definition) is 4. The number of pyridine rings is 1. The lowest BCUT2D eigenvalue weighted by molar-refractivity contribution is 0.0532. The van der Waals surface area contributed by atoms with Gasteiger partial charge in [0.2, 0.25) is 0 Å². The lowest BCUT2D eigenvalue weighted by Crippen LogP contribution is -2.41. The van der Waals surface area contributed by atoms with Crippen molar-refractivity contribution in [3.8, 4) is 0 Å². The van der Waals surface area contributed by atoms with E-state index in [4.69, 9.17) is 4.74 Å². The number of ether oxygens (including phenoxy) is 1. The first-order valence-corrected chi connectivity index (χ1v) is 8.50. The molecule has 1 aliphatic rings. The van der Waals surface area contributed by atoms with Gasteiger partial charge in [-0.1, -0.05) is 6.07 Å². The molecule has 4 nitrogen and oxygen atoms in total. The van der Waals surface area contributed by atoms with Crippen molar-refractivity contribution in [1.29, 1.82) is 0 Å². The Morgan fingerprint density at radius 3 is 2.56 bits per heavy atom. The quantitative estimate of drug-likeness (QED) is 0.869. The van der Waals surface area contributed by atoms with Crippen LogP contribution in [0.5, 0.6) is 0 Å². The van der Waals surface area contributed by atoms with Gasteiger partial charge in [0.25, 0.3) is 6.43 Å². The summed E-state index contributed by atoms with van der Waals surface area (Å²) in [6.45, 7) is 6.61. The highest BCUT2D eigenvalue weighted by atomic mass is 19.3. The third-order valence-corrected chi connectivity index (χ3v) is 4.39. The third kappa shape index (κ3) is 4.45. The highest BCUT2D eigenvalue weighted by Crippen LogP contribution is 2.24. The molecule has 2 atom stereocenters. The van der Waals surface area contributed by atoms with E-state index in [-0.39, 0.29) is 17.8 Å². The normalized spacial score (nSPS) is 19.1. The maximum atomic E-state index is 12.6. The van der Waals surface area contributed by atoms with Crippen LogP contribution in [0.1, 0.15) is 37.6 Å². The largest absolute Gasteiger partial charge is 0.378 e. The average Bonchev–Trinajstić information content (AvgIpc) is 2.62. The Morgan fingerprint density at radius 1 is 1.20 bits per heavy atom. The molecule has 1 aromatic heterocycles. The summed E-state index contributed by atoms with van der Waals surface area (Å²) < 4.78 is 30.7. The van der Waals surface area contributed by atoms with Crippen LogP contribution < -0.4 is 10.2 Å². The van der Waals surface area contributed by atoms with Crippen LogP contribution in [0, 0.1) is 0 Å². The van der Waals surface area contributed by atoms with Gasteiger partial charge in [-0.15, -0.1) is 0 Å². The van der Waals surface area contributed by atoms with E-state index < -0.39 is 6.43 Å². The Hall–Kier alpha value is -2.21. The standard InChI is InChI=1S/C19H23F2N3O/c1-13-12-24(9-10-25-13)17-6-4-16(5-7-17)23-14(2)15-3-8-18(19(20)21)22-11-15/h3-8,11,13-14,19,23H,9-10,12H2,1-2H3. The van der Waals surface area contributed by atoms with Crippen molar-refractivity contribution in [2.24, 2.45) is 0 Å². The Balaban J connectivity index is 1.62. The van der Waals surface area contributed by atoms with E-state index in [0.717, 1.165) is 30.9 Å². The molecule has 0 amide bonds. The zero-order valence-electron chi connectivity index (χ0n) is 14.5. The maximum Gasteiger partial charge on any atom is 0.280 e. The molecule has 2 unspecified atom stereocenters. The minimum atomic E-state index is -2.53. The second kappa shape index (κ2) is 7.78. The molecule has 25 heavy (non-hydrogen) atoms. The fraction of sp³-hybridized carbons (Fsp3) is 0.421. The Labute approximate surface area is 146 Å². The molecular weight excluding hydrogens is 324 g/mol. The first-order valence-electron chi connectivity index (χ1n) is 8.50. The number of nitrogens with zero attached hydrogens (tertiary/aromatic N) is 2. The van der Waals surface area contributed by atoms with E-state index in [1.807, 2.05) is 19.1 Å². The van der Waals surface area contributed by atoms with E-state index in [9.17, 15) is 8.78 Å². The van der Waals surface area contributed by atoms with Crippen molar-refractivity contribution < 1.29 is 13.5 Å². The smallest absolute Gasteiger partial charge is 0.280 e. The monoisotopic (exact) mass is 347 g/mol. The molecule has 0 saturated carbocycles. The minimum Gasteiger partial charge on any atom is -0.378 e. The summed E-state index contributed by atoms with van der Waals surface area (Å²) in [4.78, 5) is 6.13. The lowest BCUT2D eigenvalue weighted by atomic mass is 10.1. The van der Waals surface area contributed by atoms with Gasteiger partial charge in [0, 0.05) is 30.7 Å². The predicted octanol–water partition coefficient (Wildman–Crippen LogP) is 4.42. The number of aromatic nitrogens is 1. The maximum absolute atomic E-state index is 12.6. The second-order valence-corrected chi connectivity index (χ2v) is 6.36. The summed E-state index contributed by atoms with van der Waals surface area (Å²) in [5.74, 6) is 0. The lowest BCUT2D eigenvalue weighted by Gasteiger charge is -2.33. The highest BCUT2D eigenvalue weighted by Gasteiger charge is 2.17. The molecule has 3 rings (SSSR count). The van der Waals surface area contributed by atoms with Crippen molar-refractivity contribution in [2.45, 2.75) is 32.4 Å². The van der Waals surface area contributed by atoms with Crippen LogP contribution in [0.3, 0.4) is 0 Å². The molecule has 2 heterocycles. The van der Waals surface area contributed by atoms with Crippen molar-refractivity contribution in [3.05, 3.63) is 53.9 Å². The molecule has 1 fully saturated rings. The first kappa shape index (κ1) is 17.6.